The molecule has 0 aromatic heterocycles. The molecule has 2 aromatic rings. The van der Waals surface area contributed by atoms with E-state index in [0.29, 0.717) is 5.92 Å². The molecular formula is C19H23NO2. The Kier molecular flexibility index (Phi) is 4.34. The van der Waals surface area contributed by atoms with E-state index in [1.54, 1.807) is 14.2 Å². The van der Waals surface area contributed by atoms with Gasteiger partial charge in [-0.1, -0.05) is 36.4 Å². The van der Waals surface area contributed by atoms with Crippen LogP contribution in [-0.2, 0) is 6.54 Å². The molecule has 116 valence electrons. The van der Waals surface area contributed by atoms with E-state index in [1.165, 1.54) is 11.1 Å². The topological polar surface area (TPSA) is 21.7 Å². The summed E-state index contributed by atoms with van der Waals surface area (Å²) in [6.45, 7) is 5.19. The summed E-state index contributed by atoms with van der Waals surface area (Å²) in [4.78, 5) is 2.46. The molecule has 0 unspecified atom stereocenters. The molecule has 3 rings (SSSR count). The summed E-state index contributed by atoms with van der Waals surface area (Å²) >= 11 is 0. The lowest BCUT2D eigenvalue weighted by atomic mass is 9.91. The highest BCUT2D eigenvalue weighted by Gasteiger charge is 2.28. The fraction of sp³-hybridized carbons (Fsp3) is 0.368. The fourth-order valence-corrected chi connectivity index (χ4v) is 3.24. The molecule has 2 aromatic carbocycles. The van der Waals surface area contributed by atoms with Crippen LogP contribution in [0.3, 0.4) is 0 Å². The Morgan fingerprint density at radius 1 is 1.00 bits per heavy atom. The normalized spacial score (nSPS) is 15.4. The van der Waals surface area contributed by atoms with Crippen molar-refractivity contribution in [3.8, 4) is 11.5 Å². The Hall–Kier alpha value is -2.00. The van der Waals surface area contributed by atoms with Gasteiger partial charge in [0.05, 0.1) is 14.2 Å². The minimum Gasteiger partial charge on any atom is -0.496 e. The SMILES string of the molecule is COc1ccc(CN2CC(c3ccccc3)C2)c(OC)c1C. The lowest BCUT2D eigenvalue weighted by Crippen LogP contribution is -2.44. The van der Waals surface area contributed by atoms with Crippen molar-refractivity contribution in [2.45, 2.75) is 19.4 Å². The highest BCUT2D eigenvalue weighted by molar-refractivity contribution is 5.49. The molecular weight excluding hydrogens is 274 g/mol. The van der Waals surface area contributed by atoms with Crippen LogP contribution in [0.25, 0.3) is 0 Å². The van der Waals surface area contributed by atoms with Crippen molar-refractivity contribution in [1.29, 1.82) is 0 Å². The van der Waals surface area contributed by atoms with Gasteiger partial charge in [0.25, 0.3) is 0 Å². The highest BCUT2D eigenvalue weighted by atomic mass is 16.5. The molecule has 0 atom stereocenters. The van der Waals surface area contributed by atoms with E-state index in [9.17, 15) is 0 Å². The van der Waals surface area contributed by atoms with Gasteiger partial charge in [0.1, 0.15) is 11.5 Å². The average molecular weight is 297 g/mol. The maximum Gasteiger partial charge on any atom is 0.129 e. The molecule has 3 heteroatoms. The number of hydrogen-bond acceptors (Lipinski definition) is 3. The van der Waals surface area contributed by atoms with Crippen LogP contribution in [0.15, 0.2) is 42.5 Å². The van der Waals surface area contributed by atoms with Crippen molar-refractivity contribution in [3.63, 3.8) is 0 Å². The second-order valence-corrected chi connectivity index (χ2v) is 5.89. The lowest BCUT2D eigenvalue weighted by molar-refractivity contribution is 0.138. The smallest absolute Gasteiger partial charge is 0.129 e. The van der Waals surface area contributed by atoms with Gasteiger partial charge in [0.2, 0.25) is 0 Å². The van der Waals surface area contributed by atoms with Crippen molar-refractivity contribution in [1.82, 2.24) is 4.90 Å². The van der Waals surface area contributed by atoms with E-state index in [2.05, 4.69) is 41.3 Å². The first-order valence-electron chi connectivity index (χ1n) is 7.70. The quantitative estimate of drug-likeness (QED) is 0.841. The van der Waals surface area contributed by atoms with E-state index in [1.807, 2.05) is 13.0 Å². The Morgan fingerprint density at radius 2 is 1.73 bits per heavy atom. The number of rotatable bonds is 5. The first-order valence-corrected chi connectivity index (χ1v) is 7.70. The van der Waals surface area contributed by atoms with Crippen LogP contribution in [0.2, 0.25) is 0 Å². The van der Waals surface area contributed by atoms with Gasteiger partial charge >= 0.3 is 0 Å². The molecule has 0 aliphatic carbocycles. The van der Waals surface area contributed by atoms with Gasteiger partial charge in [0.15, 0.2) is 0 Å². The van der Waals surface area contributed by atoms with E-state index >= 15 is 0 Å². The van der Waals surface area contributed by atoms with Crippen LogP contribution < -0.4 is 9.47 Å². The third kappa shape index (κ3) is 2.81. The summed E-state index contributed by atoms with van der Waals surface area (Å²) in [7, 11) is 3.43. The molecule has 0 amide bonds. The van der Waals surface area contributed by atoms with E-state index in [0.717, 1.165) is 36.7 Å². The Bertz CT molecular complexity index is 633. The van der Waals surface area contributed by atoms with Gasteiger partial charge in [-0.25, -0.2) is 0 Å². The second-order valence-electron chi connectivity index (χ2n) is 5.89. The number of nitrogens with zero attached hydrogens (tertiary/aromatic N) is 1. The summed E-state index contributed by atoms with van der Waals surface area (Å²) in [5.74, 6) is 2.49. The van der Waals surface area contributed by atoms with Crippen molar-refractivity contribution >= 4 is 0 Å². The van der Waals surface area contributed by atoms with E-state index < -0.39 is 0 Å². The van der Waals surface area contributed by atoms with Gasteiger partial charge in [-0.3, -0.25) is 4.90 Å². The first-order chi connectivity index (χ1) is 10.7. The molecule has 0 radical (unpaired) electrons. The summed E-state index contributed by atoms with van der Waals surface area (Å²) in [6.07, 6.45) is 0. The fourth-order valence-electron chi connectivity index (χ4n) is 3.24. The van der Waals surface area contributed by atoms with Crippen LogP contribution in [0.5, 0.6) is 11.5 Å². The lowest BCUT2D eigenvalue weighted by Gasteiger charge is -2.40. The Morgan fingerprint density at radius 3 is 2.36 bits per heavy atom. The molecule has 1 fully saturated rings. The number of methoxy groups -OCH3 is 2. The third-order valence-electron chi connectivity index (χ3n) is 4.48. The molecule has 22 heavy (non-hydrogen) atoms. The van der Waals surface area contributed by atoms with Gasteiger partial charge in [-0.15, -0.1) is 0 Å². The molecule has 0 bridgehead atoms. The zero-order valence-corrected chi connectivity index (χ0v) is 13.5. The van der Waals surface area contributed by atoms with Crippen molar-refractivity contribution < 1.29 is 9.47 Å². The summed E-state index contributed by atoms with van der Waals surface area (Å²) in [5, 5.41) is 0. The predicted molar refractivity (Wildman–Crippen MR) is 88.7 cm³/mol. The van der Waals surface area contributed by atoms with Crippen LogP contribution in [0, 0.1) is 6.92 Å². The molecule has 1 saturated heterocycles. The third-order valence-corrected chi connectivity index (χ3v) is 4.48. The van der Waals surface area contributed by atoms with Crippen LogP contribution in [0.4, 0.5) is 0 Å². The van der Waals surface area contributed by atoms with Crippen LogP contribution in [-0.4, -0.2) is 32.2 Å². The molecule has 0 saturated carbocycles. The molecule has 1 heterocycles. The van der Waals surface area contributed by atoms with E-state index in [4.69, 9.17) is 9.47 Å². The maximum absolute atomic E-state index is 5.59. The van der Waals surface area contributed by atoms with Gasteiger partial charge in [-0.2, -0.15) is 0 Å². The zero-order valence-electron chi connectivity index (χ0n) is 13.5. The summed E-state index contributed by atoms with van der Waals surface area (Å²) in [5.41, 5.74) is 3.74. The largest absolute Gasteiger partial charge is 0.496 e. The molecule has 0 N–H and O–H groups in total. The minimum atomic E-state index is 0.659. The van der Waals surface area contributed by atoms with Crippen molar-refractivity contribution in [2.24, 2.45) is 0 Å². The molecule has 1 aliphatic rings. The highest BCUT2D eigenvalue weighted by Crippen LogP contribution is 2.34. The van der Waals surface area contributed by atoms with Crippen LogP contribution >= 0.6 is 0 Å². The van der Waals surface area contributed by atoms with Gasteiger partial charge in [0, 0.05) is 36.7 Å². The summed E-state index contributed by atoms with van der Waals surface area (Å²) < 4.78 is 11.0. The molecule has 1 aliphatic heterocycles. The summed E-state index contributed by atoms with van der Waals surface area (Å²) in [6, 6.07) is 14.9. The van der Waals surface area contributed by atoms with Gasteiger partial charge < -0.3 is 9.47 Å². The van der Waals surface area contributed by atoms with E-state index in [-0.39, 0.29) is 0 Å². The number of likely N-dealkylation sites (tertiary alicyclic amines) is 1. The van der Waals surface area contributed by atoms with Crippen molar-refractivity contribution in [2.75, 3.05) is 27.3 Å². The number of hydrogen-bond donors (Lipinski definition) is 0. The maximum atomic E-state index is 5.59. The number of ether oxygens (including phenoxy) is 2. The monoisotopic (exact) mass is 297 g/mol. The first kappa shape index (κ1) is 14.9. The van der Waals surface area contributed by atoms with Crippen molar-refractivity contribution in [3.05, 3.63) is 59.2 Å². The predicted octanol–water partition coefficient (Wildman–Crippen LogP) is 3.61. The average Bonchev–Trinajstić information content (AvgIpc) is 2.51. The molecule has 3 nitrogen and oxygen atoms in total. The number of benzene rings is 2. The Labute approximate surface area is 132 Å². The standard InChI is InChI=1S/C19H23NO2/c1-14-18(21-2)10-9-16(19(14)22-3)11-20-12-17(13-20)15-7-5-4-6-8-15/h4-10,17H,11-13H2,1-3H3. The van der Waals surface area contributed by atoms with Gasteiger partial charge in [-0.05, 0) is 18.6 Å². The molecule has 0 spiro atoms. The van der Waals surface area contributed by atoms with Crippen LogP contribution in [0.1, 0.15) is 22.6 Å². The zero-order chi connectivity index (χ0) is 15.5. The minimum absolute atomic E-state index is 0.659. The Balaban J connectivity index is 1.67. The second kappa shape index (κ2) is 6.41.